The summed E-state index contributed by atoms with van der Waals surface area (Å²) < 4.78 is 10.4. The number of ether oxygens (including phenoxy) is 2. The zero-order chi connectivity index (χ0) is 25.9. The highest BCUT2D eigenvalue weighted by Crippen LogP contribution is 2.13. The van der Waals surface area contributed by atoms with Crippen LogP contribution in [0.15, 0.2) is 60.7 Å². The van der Waals surface area contributed by atoms with Gasteiger partial charge in [0.1, 0.15) is 13.2 Å². The van der Waals surface area contributed by atoms with Crippen molar-refractivity contribution in [3.05, 3.63) is 71.8 Å². The minimum absolute atomic E-state index is 0. The molecule has 0 unspecified atom stereocenters. The van der Waals surface area contributed by atoms with E-state index in [9.17, 15) is 19.8 Å². The van der Waals surface area contributed by atoms with E-state index < -0.39 is 12.2 Å². The Morgan fingerprint density at radius 1 is 0.711 bits per heavy atom. The smallest absolute Gasteiger partial charge is 0.410 e. The summed E-state index contributed by atoms with van der Waals surface area (Å²) in [5.74, 6) is 0. The second-order valence-corrected chi connectivity index (χ2v) is 9.01. The first-order valence-corrected chi connectivity index (χ1v) is 12.1. The van der Waals surface area contributed by atoms with Crippen LogP contribution in [0.1, 0.15) is 24.0 Å². The van der Waals surface area contributed by atoms with Gasteiger partial charge in [-0.25, -0.2) is 9.59 Å². The van der Waals surface area contributed by atoms with Crippen molar-refractivity contribution in [3.63, 3.8) is 0 Å². The summed E-state index contributed by atoms with van der Waals surface area (Å²) in [6.45, 7) is 2.18. The molecule has 0 bridgehead atoms. The van der Waals surface area contributed by atoms with Gasteiger partial charge in [-0.2, -0.15) is 0 Å². The van der Waals surface area contributed by atoms with E-state index in [2.05, 4.69) is 0 Å². The van der Waals surface area contributed by atoms with Crippen LogP contribution in [-0.2, 0) is 22.7 Å². The van der Waals surface area contributed by atoms with E-state index in [1.54, 1.807) is 9.80 Å². The van der Waals surface area contributed by atoms with Crippen LogP contribution in [0.4, 0.5) is 9.59 Å². The number of hydrogen-bond donors (Lipinski definition) is 4. The lowest BCUT2D eigenvalue weighted by Gasteiger charge is -2.33. The average Bonchev–Trinajstić information content (AvgIpc) is 2.90. The molecule has 4 rings (SSSR count). The molecule has 0 saturated carbocycles. The highest BCUT2D eigenvalue weighted by Gasteiger charge is 2.29. The van der Waals surface area contributed by atoms with Crippen LogP contribution in [0.25, 0.3) is 0 Å². The van der Waals surface area contributed by atoms with Gasteiger partial charge in [0, 0.05) is 38.3 Å². The summed E-state index contributed by atoms with van der Waals surface area (Å²) in [5.41, 5.74) is 13.3. The Morgan fingerprint density at radius 3 is 1.37 bits per heavy atom. The number of hydrogen-bond acceptors (Lipinski definition) is 8. The van der Waals surface area contributed by atoms with Crippen LogP contribution in [-0.4, -0.2) is 82.7 Å². The number of halogens is 2. The van der Waals surface area contributed by atoms with Crippen molar-refractivity contribution in [2.45, 2.75) is 50.3 Å². The van der Waals surface area contributed by atoms with E-state index in [1.807, 2.05) is 60.7 Å². The quantitative estimate of drug-likeness (QED) is 0.435. The maximum Gasteiger partial charge on any atom is 0.410 e. The Labute approximate surface area is 235 Å². The van der Waals surface area contributed by atoms with Gasteiger partial charge in [-0.15, -0.1) is 24.8 Å². The monoisotopic (exact) mass is 572 g/mol. The topological polar surface area (TPSA) is 152 Å². The number of rotatable bonds is 4. The summed E-state index contributed by atoms with van der Waals surface area (Å²) in [6.07, 6.45) is -0.794. The van der Waals surface area contributed by atoms with Crippen molar-refractivity contribution >= 4 is 37.0 Å². The molecule has 2 saturated heterocycles. The number of carbonyl (C=O) groups is 2. The number of piperidine rings is 2. The van der Waals surface area contributed by atoms with Crippen molar-refractivity contribution in [1.29, 1.82) is 0 Å². The molecule has 0 aliphatic carbocycles. The van der Waals surface area contributed by atoms with Crippen molar-refractivity contribution in [3.8, 4) is 0 Å². The number of nitrogens with two attached hydrogens (primary N) is 2. The molecule has 2 aliphatic heterocycles. The molecule has 2 fully saturated rings. The minimum Gasteiger partial charge on any atom is -0.445 e. The fourth-order valence-electron chi connectivity index (χ4n) is 3.89. The average molecular weight is 574 g/mol. The molecule has 2 heterocycles. The summed E-state index contributed by atoms with van der Waals surface area (Å²) in [4.78, 5) is 26.7. The SMILES string of the molecule is Cl.Cl.N[C@@H]1CN(C(=O)OCc2ccccc2)CC[C@H]1O.N[C@H]1CN(C(=O)OCc2ccccc2)CC[C@@H]1O. The van der Waals surface area contributed by atoms with Crippen LogP contribution in [0.5, 0.6) is 0 Å². The molecule has 2 aromatic carbocycles. The van der Waals surface area contributed by atoms with Crippen molar-refractivity contribution < 1.29 is 29.3 Å². The molecule has 0 aromatic heterocycles. The summed E-state index contributed by atoms with van der Waals surface area (Å²) in [5, 5.41) is 19.0. The van der Waals surface area contributed by atoms with Crippen molar-refractivity contribution in [2.75, 3.05) is 26.2 Å². The summed E-state index contributed by atoms with van der Waals surface area (Å²) in [7, 11) is 0. The fraction of sp³-hybridized carbons (Fsp3) is 0.462. The first-order valence-electron chi connectivity index (χ1n) is 12.1. The molecule has 38 heavy (non-hydrogen) atoms. The maximum absolute atomic E-state index is 11.8. The van der Waals surface area contributed by atoms with Crippen LogP contribution in [0.2, 0.25) is 0 Å². The van der Waals surface area contributed by atoms with Gasteiger partial charge in [-0.1, -0.05) is 60.7 Å². The molecule has 6 N–H and O–H groups in total. The highest BCUT2D eigenvalue weighted by molar-refractivity contribution is 5.85. The van der Waals surface area contributed by atoms with Gasteiger partial charge < -0.3 is 41.0 Å². The summed E-state index contributed by atoms with van der Waals surface area (Å²) in [6, 6.07) is 18.3. The standard InChI is InChI=1S/2C13H18N2O3.2ClH/c2*14-11-8-15(7-6-12(11)16)13(17)18-9-10-4-2-1-3-5-10;;/h2*1-5,11-12,16H,6-9,14H2;2*1H/t2*11-,12-;;/m10../s1. The van der Waals surface area contributed by atoms with Gasteiger partial charge in [-0.05, 0) is 24.0 Å². The highest BCUT2D eigenvalue weighted by atomic mass is 35.5. The lowest BCUT2D eigenvalue weighted by molar-refractivity contribution is 0.0434. The van der Waals surface area contributed by atoms with Crippen LogP contribution < -0.4 is 11.5 Å². The zero-order valence-corrected chi connectivity index (χ0v) is 22.8. The van der Waals surface area contributed by atoms with E-state index >= 15 is 0 Å². The van der Waals surface area contributed by atoms with Gasteiger partial charge in [0.25, 0.3) is 0 Å². The third kappa shape index (κ3) is 10.6. The Bertz CT molecular complexity index is 882. The zero-order valence-electron chi connectivity index (χ0n) is 21.1. The Morgan fingerprint density at radius 2 is 1.05 bits per heavy atom. The van der Waals surface area contributed by atoms with Gasteiger partial charge in [0.05, 0.1) is 12.2 Å². The molecule has 2 aliphatic rings. The second kappa shape index (κ2) is 17.1. The number of likely N-dealkylation sites (tertiary alicyclic amines) is 2. The van der Waals surface area contributed by atoms with Gasteiger partial charge in [-0.3, -0.25) is 0 Å². The number of carbonyl (C=O) groups excluding carboxylic acids is 2. The Kier molecular flexibility index (Phi) is 15.0. The number of aliphatic hydroxyl groups is 2. The lowest BCUT2D eigenvalue weighted by Crippen LogP contribution is -2.53. The molecule has 2 amide bonds. The first kappa shape index (κ1) is 33.4. The molecular weight excluding hydrogens is 535 g/mol. The number of benzene rings is 2. The predicted molar refractivity (Wildman–Crippen MR) is 148 cm³/mol. The van der Waals surface area contributed by atoms with Gasteiger partial charge in [0.2, 0.25) is 0 Å². The maximum atomic E-state index is 11.8. The van der Waals surface area contributed by atoms with Gasteiger partial charge in [0.15, 0.2) is 0 Å². The molecule has 0 spiro atoms. The number of aliphatic hydroxyl groups excluding tert-OH is 2. The molecule has 12 heteroatoms. The fourth-order valence-corrected chi connectivity index (χ4v) is 3.89. The lowest BCUT2D eigenvalue weighted by atomic mass is 10.0. The third-order valence-electron chi connectivity index (χ3n) is 6.17. The number of nitrogens with zero attached hydrogens (tertiary/aromatic N) is 2. The van der Waals surface area contributed by atoms with E-state index in [0.29, 0.717) is 39.0 Å². The van der Waals surface area contributed by atoms with E-state index in [0.717, 1.165) is 11.1 Å². The third-order valence-corrected chi connectivity index (χ3v) is 6.17. The van der Waals surface area contributed by atoms with E-state index in [1.165, 1.54) is 0 Å². The van der Waals surface area contributed by atoms with Crippen LogP contribution in [0.3, 0.4) is 0 Å². The molecule has 2 aromatic rings. The molecule has 10 nitrogen and oxygen atoms in total. The van der Waals surface area contributed by atoms with Crippen molar-refractivity contribution in [1.82, 2.24) is 9.80 Å². The minimum atomic E-state index is -0.525. The predicted octanol–water partition coefficient (Wildman–Crippen LogP) is 2.28. The molecule has 212 valence electrons. The van der Waals surface area contributed by atoms with E-state index in [4.69, 9.17) is 20.9 Å². The summed E-state index contributed by atoms with van der Waals surface area (Å²) >= 11 is 0. The van der Waals surface area contributed by atoms with Crippen LogP contribution >= 0.6 is 24.8 Å². The Hall–Kier alpha value is -2.60. The molecular formula is C26H38Cl2N4O6. The van der Waals surface area contributed by atoms with Gasteiger partial charge >= 0.3 is 12.2 Å². The second-order valence-electron chi connectivity index (χ2n) is 9.01. The number of amides is 2. The van der Waals surface area contributed by atoms with Crippen LogP contribution in [0, 0.1) is 0 Å². The molecule has 4 atom stereocenters. The van der Waals surface area contributed by atoms with Crippen molar-refractivity contribution in [2.24, 2.45) is 11.5 Å². The normalized spacial score (nSPS) is 22.5. The molecule has 0 radical (unpaired) electrons. The van der Waals surface area contributed by atoms with E-state index in [-0.39, 0.29) is 62.3 Å². The largest absolute Gasteiger partial charge is 0.445 e. The first-order chi connectivity index (χ1) is 17.3. The Balaban J connectivity index is 0.000000361.